The Kier molecular flexibility index (Phi) is 4.47. The molecule has 0 saturated heterocycles. The molecule has 0 fully saturated rings. The Morgan fingerprint density at radius 2 is 1.88 bits per heavy atom. The lowest BCUT2D eigenvalue weighted by Gasteiger charge is -2.17. The second-order valence-electron chi connectivity index (χ2n) is 4.48. The highest BCUT2D eigenvalue weighted by Crippen LogP contribution is 2.27. The van der Waals surface area contributed by atoms with E-state index in [0.29, 0.717) is 5.92 Å². The third kappa shape index (κ3) is 4.01. The van der Waals surface area contributed by atoms with Gasteiger partial charge in [-0.15, -0.1) is 0 Å². The van der Waals surface area contributed by atoms with Gasteiger partial charge in [0.05, 0.1) is 6.42 Å². The van der Waals surface area contributed by atoms with Crippen molar-refractivity contribution in [1.29, 1.82) is 0 Å². The molecule has 0 unspecified atom stereocenters. The van der Waals surface area contributed by atoms with Gasteiger partial charge in [0, 0.05) is 0 Å². The molecule has 0 heterocycles. The maximum atomic E-state index is 12.8. The minimum Gasteiger partial charge on any atom is -0.481 e. The molecule has 0 radical (unpaired) electrons. The molecule has 16 heavy (non-hydrogen) atoms. The van der Waals surface area contributed by atoms with Crippen molar-refractivity contribution >= 4 is 5.97 Å². The molecule has 0 spiro atoms. The van der Waals surface area contributed by atoms with E-state index in [1.165, 1.54) is 12.1 Å². The van der Waals surface area contributed by atoms with Gasteiger partial charge in [-0.1, -0.05) is 26.0 Å². The van der Waals surface area contributed by atoms with E-state index in [-0.39, 0.29) is 18.2 Å². The summed E-state index contributed by atoms with van der Waals surface area (Å²) in [6.07, 6.45) is 0.905. The molecule has 1 atom stereocenters. The number of hydrogen-bond acceptors (Lipinski definition) is 1. The number of benzene rings is 1. The first-order valence-electron chi connectivity index (χ1n) is 5.46. The van der Waals surface area contributed by atoms with Crippen molar-refractivity contribution in [3.8, 4) is 0 Å². The van der Waals surface area contributed by atoms with Crippen LogP contribution in [-0.4, -0.2) is 11.1 Å². The average Bonchev–Trinajstić information content (AvgIpc) is 2.16. The zero-order valence-electron chi connectivity index (χ0n) is 9.61. The van der Waals surface area contributed by atoms with E-state index >= 15 is 0 Å². The predicted octanol–water partition coefficient (Wildman–Crippen LogP) is 3.43. The smallest absolute Gasteiger partial charge is 0.303 e. The lowest BCUT2D eigenvalue weighted by Crippen LogP contribution is -2.09. The molecular weight excluding hydrogens is 207 g/mol. The summed E-state index contributed by atoms with van der Waals surface area (Å²) < 4.78 is 12.8. The van der Waals surface area contributed by atoms with Crippen molar-refractivity contribution in [3.63, 3.8) is 0 Å². The molecule has 3 heteroatoms. The summed E-state index contributed by atoms with van der Waals surface area (Å²) in [6.45, 7) is 4.11. The van der Waals surface area contributed by atoms with E-state index < -0.39 is 5.97 Å². The number of carboxylic acids is 1. The lowest BCUT2D eigenvalue weighted by atomic mass is 9.88. The average molecular weight is 224 g/mol. The fourth-order valence-electron chi connectivity index (χ4n) is 1.85. The summed E-state index contributed by atoms with van der Waals surface area (Å²) in [4.78, 5) is 10.8. The van der Waals surface area contributed by atoms with E-state index in [4.69, 9.17) is 5.11 Å². The fraction of sp³-hybridized carbons (Fsp3) is 0.462. The van der Waals surface area contributed by atoms with Crippen molar-refractivity contribution in [3.05, 3.63) is 35.6 Å². The van der Waals surface area contributed by atoms with Crippen LogP contribution in [-0.2, 0) is 4.79 Å². The van der Waals surface area contributed by atoms with Crippen molar-refractivity contribution < 1.29 is 14.3 Å². The Labute approximate surface area is 95.1 Å². The Bertz CT molecular complexity index is 343. The number of carboxylic acid groups (broad SMARTS) is 1. The Morgan fingerprint density at radius 3 is 2.31 bits per heavy atom. The molecule has 1 aromatic rings. The zero-order valence-corrected chi connectivity index (χ0v) is 9.61. The molecule has 0 bridgehead atoms. The predicted molar refractivity (Wildman–Crippen MR) is 60.8 cm³/mol. The van der Waals surface area contributed by atoms with Gasteiger partial charge >= 0.3 is 5.97 Å². The monoisotopic (exact) mass is 224 g/mol. The largest absolute Gasteiger partial charge is 0.481 e. The van der Waals surface area contributed by atoms with Gasteiger partial charge in [0.2, 0.25) is 0 Å². The van der Waals surface area contributed by atoms with E-state index in [0.717, 1.165) is 12.0 Å². The normalized spacial score (nSPS) is 12.8. The standard InChI is InChI=1S/C13H17FO2/c1-9(2)7-11(8-13(15)16)10-3-5-12(14)6-4-10/h3-6,9,11H,7-8H2,1-2H3,(H,15,16)/t11-/m1/s1. The summed E-state index contributed by atoms with van der Waals surface area (Å²) in [5.74, 6) is -0.704. The van der Waals surface area contributed by atoms with E-state index in [9.17, 15) is 9.18 Å². The first-order chi connectivity index (χ1) is 7.49. The molecule has 1 rings (SSSR count). The van der Waals surface area contributed by atoms with Crippen LogP contribution in [0.25, 0.3) is 0 Å². The first kappa shape index (κ1) is 12.7. The molecule has 0 aliphatic rings. The van der Waals surface area contributed by atoms with Crippen LogP contribution in [0.2, 0.25) is 0 Å². The van der Waals surface area contributed by atoms with Gasteiger partial charge in [0.25, 0.3) is 0 Å². The molecule has 1 N–H and O–H groups in total. The molecule has 0 saturated carbocycles. The highest BCUT2D eigenvalue weighted by Gasteiger charge is 2.16. The third-order valence-corrected chi connectivity index (χ3v) is 2.52. The minimum absolute atomic E-state index is 0.0295. The Balaban J connectivity index is 2.82. The highest BCUT2D eigenvalue weighted by molar-refractivity contribution is 5.68. The van der Waals surface area contributed by atoms with Gasteiger partial charge < -0.3 is 5.11 Å². The molecule has 88 valence electrons. The SMILES string of the molecule is CC(C)C[C@H](CC(=O)O)c1ccc(F)cc1. The summed E-state index contributed by atoms with van der Waals surface area (Å²) in [5, 5.41) is 8.84. The van der Waals surface area contributed by atoms with Gasteiger partial charge in [-0.05, 0) is 36.0 Å². The lowest BCUT2D eigenvalue weighted by molar-refractivity contribution is -0.137. The van der Waals surface area contributed by atoms with Gasteiger partial charge in [0.15, 0.2) is 0 Å². The fourth-order valence-corrected chi connectivity index (χ4v) is 1.85. The first-order valence-corrected chi connectivity index (χ1v) is 5.46. The highest BCUT2D eigenvalue weighted by atomic mass is 19.1. The van der Waals surface area contributed by atoms with Crippen LogP contribution in [0, 0.1) is 11.7 Å². The molecule has 0 aliphatic carbocycles. The topological polar surface area (TPSA) is 37.3 Å². The zero-order chi connectivity index (χ0) is 12.1. The molecule has 0 aromatic heterocycles. The summed E-state index contributed by atoms with van der Waals surface area (Å²) in [7, 11) is 0. The minimum atomic E-state index is -0.810. The van der Waals surface area contributed by atoms with Gasteiger partial charge in [-0.2, -0.15) is 0 Å². The van der Waals surface area contributed by atoms with Crippen LogP contribution < -0.4 is 0 Å². The van der Waals surface area contributed by atoms with Crippen molar-refractivity contribution in [2.24, 2.45) is 5.92 Å². The number of carbonyl (C=O) groups is 1. The van der Waals surface area contributed by atoms with Gasteiger partial charge in [-0.3, -0.25) is 4.79 Å². The second kappa shape index (κ2) is 5.64. The van der Waals surface area contributed by atoms with Gasteiger partial charge in [-0.25, -0.2) is 4.39 Å². The number of rotatable bonds is 5. The summed E-state index contributed by atoms with van der Waals surface area (Å²) in [5.41, 5.74) is 0.900. The number of aliphatic carboxylic acids is 1. The van der Waals surface area contributed by atoms with E-state index in [1.807, 2.05) is 0 Å². The molecule has 2 nitrogen and oxygen atoms in total. The van der Waals surface area contributed by atoms with Crippen LogP contribution in [0.5, 0.6) is 0 Å². The van der Waals surface area contributed by atoms with Crippen molar-refractivity contribution in [2.75, 3.05) is 0 Å². The van der Waals surface area contributed by atoms with E-state index in [2.05, 4.69) is 13.8 Å². The van der Waals surface area contributed by atoms with Crippen LogP contribution in [0.1, 0.15) is 38.2 Å². The second-order valence-corrected chi connectivity index (χ2v) is 4.48. The van der Waals surface area contributed by atoms with Crippen LogP contribution in [0.4, 0.5) is 4.39 Å². The number of hydrogen-bond donors (Lipinski definition) is 1. The Morgan fingerprint density at radius 1 is 1.31 bits per heavy atom. The van der Waals surface area contributed by atoms with Crippen LogP contribution >= 0.6 is 0 Å². The van der Waals surface area contributed by atoms with Crippen molar-refractivity contribution in [2.45, 2.75) is 32.6 Å². The third-order valence-electron chi connectivity index (χ3n) is 2.52. The van der Waals surface area contributed by atoms with E-state index in [1.54, 1.807) is 12.1 Å². The van der Waals surface area contributed by atoms with Crippen molar-refractivity contribution in [1.82, 2.24) is 0 Å². The Hall–Kier alpha value is -1.38. The molecular formula is C13H17FO2. The van der Waals surface area contributed by atoms with Crippen LogP contribution in [0.15, 0.2) is 24.3 Å². The maximum Gasteiger partial charge on any atom is 0.303 e. The molecule has 1 aromatic carbocycles. The molecule has 0 amide bonds. The summed E-state index contributed by atoms with van der Waals surface area (Å²) >= 11 is 0. The quantitative estimate of drug-likeness (QED) is 0.832. The molecule has 0 aliphatic heterocycles. The van der Waals surface area contributed by atoms with Crippen LogP contribution in [0.3, 0.4) is 0 Å². The maximum absolute atomic E-state index is 12.8. The number of halogens is 1. The van der Waals surface area contributed by atoms with Gasteiger partial charge in [0.1, 0.15) is 5.82 Å². The summed E-state index contributed by atoms with van der Waals surface area (Å²) in [6, 6.07) is 6.10.